The van der Waals surface area contributed by atoms with Crippen LogP contribution in [0.2, 0.25) is 0 Å². The summed E-state index contributed by atoms with van der Waals surface area (Å²) in [4.78, 5) is 31.3. The number of fused-ring (bicyclic) bond motifs is 1. The SMILES string of the molecule is CCCCc1nc2ccn(C(=O)C(C)(C)C)c(=O)c2n1Cc1ccc(-c2ccccc2-c2nn[nH]n2)cc1. The van der Waals surface area contributed by atoms with Crippen LogP contribution in [0.1, 0.15) is 56.7 Å². The minimum atomic E-state index is -0.680. The largest absolute Gasteiger partial charge is 0.319 e. The van der Waals surface area contributed by atoms with E-state index in [0.717, 1.165) is 47.3 Å². The van der Waals surface area contributed by atoms with Crippen molar-refractivity contribution < 1.29 is 4.79 Å². The van der Waals surface area contributed by atoms with Gasteiger partial charge in [0.15, 0.2) is 0 Å². The molecule has 5 aromatic rings. The quantitative estimate of drug-likeness (QED) is 0.326. The summed E-state index contributed by atoms with van der Waals surface area (Å²) in [6.45, 7) is 8.05. The maximum absolute atomic E-state index is 13.6. The van der Waals surface area contributed by atoms with E-state index in [1.807, 2.05) is 49.6 Å². The van der Waals surface area contributed by atoms with Gasteiger partial charge in [-0.1, -0.05) is 82.6 Å². The lowest BCUT2D eigenvalue weighted by Gasteiger charge is -2.18. The van der Waals surface area contributed by atoms with Crippen LogP contribution >= 0.6 is 0 Å². The standard InChI is InChI=1S/C29H31N7O2/c1-5-6-11-24-30-23-16-17-35(28(38)29(2,3)4)27(37)25(23)36(24)18-19-12-14-20(15-13-19)21-9-7-8-10-22(21)26-31-33-34-32-26/h7-10,12-17H,5-6,11,18H2,1-4H3,(H,31,32,33,34). The number of rotatable bonds is 7. The van der Waals surface area contributed by atoms with E-state index in [1.54, 1.807) is 12.3 Å². The fourth-order valence-corrected chi connectivity index (χ4v) is 4.58. The molecule has 1 N–H and O–H groups in total. The smallest absolute Gasteiger partial charge is 0.283 e. The predicted molar refractivity (Wildman–Crippen MR) is 147 cm³/mol. The Kier molecular flexibility index (Phi) is 6.75. The third-order valence-corrected chi connectivity index (χ3v) is 6.61. The van der Waals surface area contributed by atoms with E-state index in [2.05, 4.69) is 51.8 Å². The van der Waals surface area contributed by atoms with Crippen LogP contribution in [-0.4, -0.2) is 40.6 Å². The van der Waals surface area contributed by atoms with Gasteiger partial charge in [0, 0.05) is 30.1 Å². The van der Waals surface area contributed by atoms with E-state index < -0.39 is 5.41 Å². The molecule has 2 aromatic carbocycles. The molecule has 3 heterocycles. The average molecular weight is 510 g/mol. The van der Waals surface area contributed by atoms with Gasteiger partial charge in [0.2, 0.25) is 11.7 Å². The van der Waals surface area contributed by atoms with Gasteiger partial charge >= 0.3 is 0 Å². The summed E-state index contributed by atoms with van der Waals surface area (Å²) in [6, 6.07) is 17.9. The molecule has 0 amide bonds. The van der Waals surface area contributed by atoms with Crippen molar-refractivity contribution in [2.75, 3.05) is 0 Å². The molecule has 0 aliphatic carbocycles. The molecular weight excluding hydrogens is 478 g/mol. The van der Waals surface area contributed by atoms with Gasteiger partial charge < -0.3 is 4.57 Å². The van der Waals surface area contributed by atoms with E-state index in [0.29, 0.717) is 23.4 Å². The number of unbranched alkanes of at least 4 members (excludes halogenated alkanes) is 1. The van der Waals surface area contributed by atoms with Gasteiger partial charge in [-0.25, -0.2) is 4.98 Å². The molecule has 0 atom stereocenters. The second-order valence-electron chi connectivity index (χ2n) is 10.5. The first-order valence-electron chi connectivity index (χ1n) is 12.9. The highest BCUT2D eigenvalue weighted by atomic mass is 16.2. The summed E-state index contributed by atoms with van der Waals surface area (Å²) in [5.41, 5.74) is 4.01. The summed E-state index contributed by atoms with van der Waals surface area (Å²) in [7, 11) is 0. The number of carbonyl (C=O) groups excluding carboxylic acids is 1. The number of pyridine rings is 1. The summed E-state index contributed by atoms with van der Waals surface area (Å²) >= 11 is 0. The number of aromatic nitrogens is 7. The number of hydrogen-bond donors (Lipinski definition) is 1. The molecule has 194 valence electrons. The molecular formula is C29H31N7O2. The summed E-state index contributed by atoms with van der Waals surface area (Å²) in [5.74, 6) is 1.15. The van der Waals surface area contributed by atoms with Crippen molar-refractivity contribution >= 4 is 16.9 Å². The van der Waals surface area contributed by atoms with Gasteiger partial charge in [0.1, 0.15) is 11.3 Å². The van der Waals surface area contributed by atoms with Gasteiger partial charge in [-0.3, -0.25) is 14.2 Å². The Hall–Kier alpha value is -4.40. The Bertz CT molecular complexity index is 1640. The molecule has 0 fully saturated rings. The van der Waals surface area contributed by atoms with Gasteiger partial charge in [-0.15, -0.1) is 10.2 Å². The number of benzene rings is 2. The molecule has 9 heteroatoms. The Morgan fingerprint density at radius 3 is 2.39 bits per heavy atom. The Balaban J connectivity index is 1.54. The maximum atomic E-state index is 13.6. The van der Waals surface area contributed by atoms with E-state index in [4.69, 9.17) is 4.98 Å². The molecule has 0 spiro atoms. The third-order valence-electron chi connectivity index (χ3n) is 6.61. The van der Waals surface area contributed by atoms with E-state index in [-0.39, 0.29) is 11.5 Å². The molecule has 9 nitrogen and oxygen atoms in total. The lowest BCUT2D eigenvalue weighted by molar-refractivity contribution is 0.0762. The van der Waals surface area contributed by atoms with E-state index >= 15 is 0 Å². The van der Waals surface area contributed by atoms with Crippen LogP contribution in [0.4, 0.5) is 0 Å². The van der Waals surface area contributed by atoms with Crippen LogP contribution in [0.25, 0.3) is 33.5 Å². The number of nitrogens with one attached hydrogen (secondary N) is 1. The normalized spacial score (nSPS) is 11.8. The topological polar surface area (TPSA) is 111 Å². The molecule has 0 radical (unpaired) electrons. The summed E-state index contributed by atoms with van der Waals surface area (Å²) in [6.07, 6.45) is 4.29. The molecule has 38 heavy (non-hydrogen) atoms. The highest BCUT2D eigenvalue weighted by molar-refractivity contribution is 5.87. The van der Waals surface area contributed by atoms with Crippen molar-refractivity contribution in [2.45, 2.75) is 53.5 Å². The fourth-order valence-electron chi connectivity index (χ4n) is 4.58. The zero-order chi connectivity index (χ0) is 26.9. The van der Waals surface area contributed by atoms with Gasteiger partial charge in [0.05, 0.1) is 5.52 Å². The van der Waals surface area contributed by atoms with Gasteiger partial charge in [0.25, 0.3) is 5.56 Å². The fraction of sp³-hybridized carbons (Fsp3) is 0.310. The zero-order valence-corrected chi connectivity index (χ0v) is 22.1. The number of nitrogens with zero attached hydrogens (tertiary/aromatic N) is 6. The van der Waals surface area contributed by atoms with Gasteiger partial charge in [-0.05, 0) is 34.4 Å². The minimum Gasteiger partial charge on any atom is -0.319 e. The van der Waals surface area contributed by atoms with E-state index in [9.17, 15) is 9.59 Å². The number of carbonyl (C=O) groups is 1. The Morgan fingerprint density at radius 2 is 1.74 bits per heavy atom. The first-order chi connectivity index (χ1) is 18.3. The highest BCUT2D eigenvalue weighted by Crippen LogP contribution is 2.30. The monoisotopic (exact) mass is 509 g/mol. The molecule has 0 saturated carbocycles. The van der Waals surface area contributed by atoms with Crippen LogP contribution in [0.5, 0.6) is 0 Å². The molecule has 5 rings (SSSR count). The van der Waals surface area contributed by atoms with Crippen molar-refractivity contribution in [1.29, 1.82) is 0 Å². The van der Waals surface area contributed by atoms with Crippen molar-refractivity contribution in [3.8, 4) is 22.5 Å². The minimum absolute atomic E-state index is 0.239. The first-order valence-corrected chi connectivity index (χ1v) is 12.9. The van der Waals surface area contributed by atoms with Crippen molar-refractivity contribution in [1.82, 2.24) is 34.7 Å². The second kappa shape index (κ2) is 10.2. The van der Waals surface area contributed by atoms with Crippen LogP contribution in [0.15, 0.2) is 65.6 Å². The average Bonchev–Trinajstić information content (AvgIpc) is 3.56. The van der Waals surface area contributed by atoms with Crippen LogP contribution in [0, 0.1) is 5.41 Å². The van der Waals surface area contributed by atoms with Crippen molar-refractivity contribution in [2.24, 2.45) is 5.41 Å². The van der Waals surface area contributed by atoms with Crippen molar-refractivity contribution in [3.63, 3.8) is 0 Å². The van der Waals surface area contributed by atoms with Crippen LogP contribution < -0.4 is 5.56 Å². The first kappa shape index (κ1) is 25.3. The predicted octanol–water partition coefficient (Wildman–Crippen LogP) is 5.12. The maximum Gasteiger partial charge on any atom is 0.283 e. The van der Waals surface area contributed by atoms with Gasteiger partial charge in [-0.2, -0.15) is 5.21 Å². The molecule has 0 unspecified atom stereocenters. The molecule has 3 aromatic heterocycles. The number of imidazole rings is 1. The van der Waals surface area contributed by atoms with Crippen LogP contribution in [0.3, 0.4) is 0 Å². The molecule has 0 aliphatic heterocycles. The molecule has 0 saturated heterocycles. The number of tetrazole rings is 1. The molecule has 0 bridgehead atoms. The zero-order valence-electron chi connectivity index (χ0n) is 22.1. The number of H-pyrrole nitrogens is 1. The lowest BCUT2D eigenvalue weighted by atomic mass is 9.95. The van der Waals surface area contributed by atoms with Crippen molar-refractivity contribution in [3.05, 3.63) is 82.5 Å². The summed E-state index contributed by atoms with van der Waals surface area (Å²) < 4.78 is 3.20. The Morgan fingerprint density at radius 1 is 1.00 bits per heavy atom. The number of aryl methyl sites for hydroxylation is 1. The lowest BCUT2D eigenvalue weighted by Crippen LogP contribution is -2.35. The highest BCUT2D eigenvalue weighted by Gasteiger charge is 2.26. The summed E-state index contributed by atoms with van der Waals surface area (Å²) in [5, 5.41) is 14.5. The number of aromatic amines is 1. The van der Waals surface area contributed by atoms with E-state index in [1.165, 1.54) is 4.57 Å². The second-order valence-corrected chi connectivity index (χ2v) is 10.5. The third kappa shape index (κ3) is 4.79. The molecule has 0 aliphatic rings. The Labute approximate surface area is 220 Å². The number of hydrogen-bond acceptors (Lipinski definition) is 6. The van der Waals surface area contributed by atoms with Crippen LogP contribution in [-0.2, 0) is 13.0 Å².